The molecule has 110 valence electrons. The molecular formula is C15H23N3O2. The average Bonchev–Trinajstić information content (AvgIpc) is 2.45. The molecule has 2 N–H and O–H groups in total. The molecule has 2 rings (SSSR count). The zero-order valence-corrected chi connectivity index (χ0v) is 12.2. The van der Waals surface area contributed by atoms with Crippen molar-refractivity contribution in [3.63, 3.8) is 0 Å². The Morgan fingerprint density at radius 1 is 1.55 bits per heavy atom. The second-order valence-electron chi connectivity index (χ2n) is 5.53. The van der Waals surface area contributed by atoms with Gasteiger partial charge in [-0.05, 0) is 38.3 Å². The van der Waals surface area contributed by atoms with Crippen molar-refractivity contribution in [3.8, 4) is 0 Å². The summed E-state index contributed by atoms with van der Waals surface area (Å²) >= 11 is 0. The molecule has 1 aromatic rings. The fraction of sp³-hybridized carbons (Fsp3) is 0.600. The lowest BCUT2D eigenvalue weighted by Gasteiger charge is -2.34. The molecule has 20 heavy (non-hydrogen) atoms. The third kappa shape index (κ3) is 3.93. The molecule has 0 radical (unpaired) electrons. The minimum Gasteiger partial charge on any atom is -0.379 e. The van der Waals surface area contributed by atoms with E-state index in [1.54, 1.807) is 18.3 Å². The largest absolute Gasteiger partial charge is 0.379 e. The van der Waals surface area contributed by atoms with Crippen molar-refractivity contribution in [3.05, 3.63) is 23.9 Å². The summed E-state index contributed by atoms with van der Waals surface area (Å²) in [5.41, 5.74) is 0.362. The number of ether oxygens (including phenoxy) is 1. The summed E-state index contributed by atoms with van der Waals surface area (Å²) in [6.07, 6.45) is 4.61. The van der Waals surface area contributed by atoms with Crippen LogP contribution in [0.2, 0.25) is 0 Å². The van der Waals surface area contributed by atoms with E-state index < -0.39 is 0 Å². The van der Waals surface area contributed by atoms with Crippen molar-refractivity contribution >= 4 is 11.7 Å². The molecule has 1 unspecified atom stereocenters. The van der Waals surface area contributed by atoms with Gasteiger partial charge in [0.05, 0.1) is 12.1 Å². The van der Waals surface area contributed by atoms with E-state index in [2.05, 4.69) is 22.5 Å². The maximum atomic E-state index is 12.3. The first-order valence-corrected chi connectivity index (χ1v) is 7.23. The van der Waals surface area contributed by atoms with E-state index in [4.69, 9.17) is 4.74 Å². The lowest BCUT2D eigenvalue weighted by Crippen LogP contribution is -2.51. The lowest BCUT2D eigenvalue weighted by atomic mass is 9.94. The van der Waals surface area contributed by atoms with Crippen LogP contribution in [0.25, 0.3) is 0 Å². The summed E-state index contributed by atoms with van der Waals surface area (Å²) < 4.78 is 5.46. The minimum atomic E-state index is -0.268. The van der Waals surface area contributed by atoms with Crippen LogP contribution >= 0.6 is 0 Å². The van der Waals surface area contributed by atoms with E-state index in [0.29, 0.717) is 12.2 Å². The molecule has 1 amide bonds. The number of carbonyl (C=O) groups is 1. The number of nitrogens with zero attached hydrogens (tertiary/aromatic N) is 1. The minimum absolute atomic E-state index is 0.0695. The number of carbonyl (C=O) groups excluding carboxylic acids is 1. The maximum absolute atomic E-state index is 12.3. The molecule has 1 fully saturated rings. The van der Waals surface area contributed by atoms with Gasteiger partial charge in [-0.2, -0.15) is 0 Å². The number of hydrogen-bond donors (Lipinski definition) is 2. The van der Waals surface area contributed by atoms with Gasteiger partial charge in [-0.3, -0.25) is 4.79 Å². The molecule has 1 atom stereocenters. The van der Waals surface area contributed by atoms with E-state index in [9.17, 15) is 4.79 Å². The number of amides is 1. The van der Waals surface area contributed by atoms with Crippen molar-refractivity contribution in [2.45, 2.75) is 38.6 Å². The van der Waals surface area contributed by atoms with Crippen molar-refractivity contribution < 1.29 is 9.53 Å². The molecule has 1 saturated heterocycles. The van der Waals surface area contributed by atoms with Gasteiger partial charge >= 0.3 is 0 Å². The normalized spacial score (nSPS) is 22.3. The first-order valence-electron chi connectivity index (χ1n) is 7.23. The Morgan fingerprint density at radius 2 is 2.40 bits per heavy atom. The number of anilines is 1. The maximum Gasteiger partial charge on any atom is 0.251 e. The number of rotatable bonds is 5. The SMILES string of the molecule is CCCNc1cc(C(=O)NC2(C)CCCOC2)ccn1. The van der Waals surface area contributed by atoms with Gasteiger partial charge in [-0.15, -0.1) is 0 Å². The van der Waals surface area contributed by atoms with Crippen LogP contribution in [0.1, 0.15) is 43.5 Å². The van der Waals surface area contributed by atoms with Crippen LogP contribution in [0.15, 0.2) is 18.3 Å². The van der Waals surface area contributed by atoms with Crippen molar-refractivity contribution in [1.82, 2.24) is 10.3 Å². The summed E-state index contributed by atoms with van der Waals surface area (Å²) in [7, 11) is 0. The fourth-order valence-electron chi connectivity index (χ4n) is 2.30. The standard InChI is InChI=1S/C15H23N3O2/c1-3-7-16-13-10-12(5-8-17-13)14(19)18-15(2)6-4-9-20-11-15/h5,8,10H,3-4,6-7,9,11H2,1-2H3,(H,16,17)(H,18,19). The van der Waals surface area contributed by atoms with Crippen LogP contribution in [0, 0.1) is 0 Å². The first-order chi connectivity index (χ1) is 9.63. The molecule has 5 nitrogen and oxygen atoms in total. The van der Waals surface area contributed by atoms with E-state index in [0.717, 1.165) is 38.2 Å². The molecule has 0 spiro atoms. The summed E-state index contributed by atoms with van der Waals surface area (Å²) in [6.45, 7) is 6.33. The highest BCUT2D eigenvalue weighted by atomic mass is 16.5. The Kier molecular flexibility index (Phi) is 4.95. The Labute approximate surface area is 120 Å². The molecule has 1 aliphatic heterocycles. The number of nitrogens with one attached hydrogen (secondary N) is 2. The third-order valence-corrected chi connectivity index (χ3v) is 3.43. The van der Waals surface area contributed by atoms with Crippen LogP contribution in [-0.4, -0.2) is 36.2 Å². The van der Waals surface area contributed by atoms with E-state index in [1.807, 2.05) is 6.92 Å². The number of aromatic nitrogens is 1. The average molecular weight is 277 g/mol. The van der Waals surface area contributed by atoms with Gasteiger partial charge < -0.3 is 15.4 Å². The van der Waals surface area contributed by atoms with Crippen molar-refractivity contribution in [2.24, 2.45) is 0 Å². The van der Waals surface area contributed by atoms with Gasteiger partial charge in [0.2, 0.25) is 0 Å². The van der Waals surface area contributed by atoms with Crippen LogP contribution < -0.4 is 10.6 Å². The van der Waals surface area contributed by atoms with Crippen LogP contribution in [0.4, 0.5) is 5.82 Å². The van der Waals surface area contributed by atoms with Crippen molar-refractivity contribution in [2.75, 3.05) is 25.1 Å². The molecule has 0 aliphatic carbocycles. The van der Waals surface area contributed by atoms with Gasteiger partial charge in [0, 0.05) is 24.9 Å². The highest BCUT2D eigenvalue weighted by molar-refractivity contribution is 5.95. The third-order valence-electron chi connectivity index (χ3n) is 3.43. The van der Waals surface area contributed by atoms with Crippen LogP contribution in [-0.2, 0) is 4.74 Å². The molecule has 1 aliphatic rings. The molecule has 5 heteroatoms. The summed E-state index contributed by atoms with van der Waals surface area (Å²) in [4.78, 5) is 16.5. The highest BCUT2D eigenvalue weighted by Gasteiger charge is 2.29. The monoisotopic (exact) mass is 277 g/mol. The highest BCUT2D eigenvalue weighted by Crippen LogP contribution is 2.19. The van der Waals surface area contributed by atoms with Gasteiger partial charge in [0.25, 0.3) is 5.91 Å². The predicted molar refractivity (Wildman–Crippen MR) is 78.9 cm³/mol. The topological polar surface area (TPSA) is 63.2 Å². The fourth-order valence-corrected chi connectivity index (χ4v) is 2.30. The Hall–Kier alpha value is -1.62. The quantitative estimate of drug-likeness (QED) is 0.866. The zero-order chi connectivity index (χ0) is 14.4. The second-order valence-corrected chi connectivity index (χ2v) is 5.53. The number of pyridine rings is 1. The molecular weight excluding hydrogens is 254 g/mol. The van der Waals surface area contributed by atoms with Crippen molar-refractivity contribution in [1.29, 1.82) is 0 Å². The van der Waals surface area contributed by atoms with Gasteiger partial charge in [-0.25, -0.2) is 4.98 Å². The molecule has 0 aromatic carbocycles. The summed E-state index contributed by atoms with van der Waals surface area (Å²) in [5, 5.41) is 6.26. The predicted octanol–water partition coefficient (Wildman–Crippen LogP) is 2.20. The van der Waals surface area contributed by atoms with E-state index in [-0.39, 0.29) is 11.4 Å². The lowest BCUT2D eigenvalue weighted by molar-refractivity contribution is 0.0272. The molecule has 2 heterocycles. The Bertz CT molecular complexity index is 456. The van der Waals surface area contributed by atoms with Gasteiger partial charge in [0.15, 0.2) is 0 Å². The Balaban J connectivity index is 2.01. The van der Waals surface area contributed by atoms with Crippen LogP contribution in [0.5, 0.6) is 0 Å². The molecule has 0 saturated carbocycles. The smallest absolute Gasteiger partial charge is 0.251 e. The van der Waals surface area contributed by atoms with Gasteiger partial charge in [-0.1, -0.05) is 6.92 Å². The summed E-state index contributed by atoms with van der Waals surface area (Å²) in [6, 6.07) is 3.53. The molecule has 0 bridgehead atoms. The zero-order valence-electron chi connectivity index (χ0n) is 12.2. The molecule has 1 aromatic heterocycles. The first kappa shape index (κ1) is 14.8. The summed E-state index contributed by atoms with van der Waals surface area (Å²) in [5.74, 6) is 0.671. The second kappa shape index (κ2) is 6.70. The van der Waals surface area contributed by atoms with Crippen LogP contribution in [0.3, 0.4) is 0 Å². The van der Waals surface area contributed by atoms with Gasteiger partial charge in [0.1, 0.15) is 5.82 Å². The van der Waals surface area contributed by atoms with E-state index in [1.165, 1.54) is 0 Å². The Morgan fingerprint density at radius 3 is 3.10 bits per heavy atom. The van der Waals surface area contributed by atoms with E-state index >= 15 is 0 Å². The number of hydrogen-bond acceptors (Lipinski definition) is 4.